The summed E-state index contributed by atoms with van der Waals surface area (Å²) in [5, 5.41) is 10.2. The Hall–Kier alpha value is -0.250. The summed E-state index contributed by atoms with van der Waals surface area (Å²) in [4.78, 5) is 0. The van der Waals surface area contributed by atoms with Gasteiger partial charge in [0.05, 0.1) is 12.0 Å². The van der Waals surface area contributed by atoms with Gasteiger partial charge in [0.1, 0.15) is 0 Å². The minimum absolute atomic E-state index is 0.0894. The average Bonchev–Trinajstić information content (AvgIpc) is 2.98. The fourth-order valence-electron chi connectivity index (χ4n) is 8.65. The molecule has 1 N–H and O–H groups in total. The molecule has 4 rings (SSSR count). The van der Waals surface area contributed by atoms with Gasteiger partial charge in [0.2, 0.25) is 0 Å². The molecule has 0 aromatic heterocycles. The number of alkyl halides is 3. The van der Waals surface area contributed by atoms with Gasteiger partial charge in [0, 0.05) is 0 Å². The van der Waals surface area contributed by atoms with E-state index in [1.165, 1.54) is 51.9 Å². The number of hydrogen-bond donors (Lipinski definition) is 1. The number of hydrogen-bond acceptors (Lipinski definition) is 1. The Balaban J connectivity index is 1.41. The Morgan fingerprint density at radius 3 is 2.34 bits per heavy atom. The van der Waals surface area contributed by atoms with Crippen LogP contribution in [0.1, 0.15) is 97.8 Å². The summed E-state index contributed by atoms with van der Waals surface area (Å²) in [6.07, 6.45) is 8.69. The molecule has 4 heteroatoms. The Kier molecular flexibility index (Phi) is 5.84. The zero-order valence-corrected chi connectivity index (χ0v) is 18.6. The van der Waals surface area contributed by atoms with Crippen molar-refractivity contribution in [2.45, 2.75) is 110 Å². The summed E-state index contributed by atoms with van der Waals surface area (Å²) < 4.78 is 38.6. The second-order valence-corrected chi connectivity index (χ2v) is 11.8. The number of aliphatic hydroxyl groups excluding tert-OH is 1. The van der Waals surface area contributed by atoms with Gasteiger partial charge in [-0.3, -0.25) is 0 Å². The lowest BCUT2D eigenvalue weighted by molar-refractivity contribution is -0.171. The first-order chi connectivity index (χ1) is 13.6. The number of aliphatic hydroxyl groups is 1. The SMILES string of the molecule is CC(CCCC1CCC2C3CC[C@H]4CC(O)CCC4(C)C3CCC12C)C(F)(F)F. The molecular weight excluding hydrogens is 373 g/mol. The van der Waals surface area contributed by atoms with Crippen molar-refractivity contribution in [2.75, 3.05) is 0 Å². The molecule has 29 heavy (non-hydrogen) atoms. The van der Waals surface area contributed by atoms with E-state index in [9.17, 15) is 18.3 Å². The van der Waals surface area contributed by atoms with Crippen LogP contribution in [0.3, 0.4) is 0 Å². The highest BCUT2D eigenvalue weighted by Crippen LogP contribution is 2.67. The van der Waals surface area contributed by atoms with Crippen LogP contribution in [0.2, 0.25) is 0 Å². The molecule has 0 amide bonds. The van der Waals surface area contributed by atoms with Gasteiger partial charge in [0.15, 0.2) is 0 Å². The zero-order valence-electron chi connectivity index (χ0n) is 18.6. The normalized spacial score (nSPS) is 48.5. The van der Waals surface area contributed by atoms with Gasteiger partial charge in [-0.25, -0.2) is 0 Å². The smallest absolute Gasteiger partial charge is 0.391 e. The molecule has 0 aromatic carbocycles. The van der Waals surface area contributed by atoms with Crippen LogP contribution in [0.4, 0.5) is 13.2 Å². The summed E-state index contributed by atoms with van der Waals surface area (Å²) in [7, 11) is 0. The second-order valence-electron chi connectivity index (χ2n) is 11.8. The van der Waals surface area contributed by atoms with Crippen molar-refractivity contribution in [3.8, 4) is 0 Å². The average molecular weight is 415 g/mol. The quantitative estimate of drug-likeness (QED) is 0.509. The molecule has 0 spiro atoms. The van der Waals surface area contributed by atoms with Gasteiger partial charge in [0.25, 0.3) is 0 Å². The summed E-state index contributed by atoms with van der Waals surface area (Å²) in [6, 6.07) is 0. The molecule has 1 nitrogen and oxygen atoms in total. The predicted molar refractivity (Wildman–Crippen MR) is 110 cm³/mol. The van der Waals surface area contributed by atoms with Gasteiger partial charge in [-0.15, -0.1) is 0 Å². The lowest BCUT2D eigenvalue weighted by Crippen LogP contribution is -2.53. The Bertz CT molecular complexity index is 589. The van der Waals surface area contributed by atoms with Crippen LogP contribution in [0.25, 0.3) is 0 Å². The van der Waals surface area contributed by atoms with E-state index in [-0.39, 0.29) is 12.5 Å². The topological polar surface area (TPSA) is 20.2 Å². The molecule has 168 valence electrons. The van der Waals surface area contributed by atoms with E-state index >= 15 is 0 Å². The van der Waals surface area contributed by atoms with E-state index in [1.807, 2.05) is 0 Å². The third-order valence-corrected chi connectivity index (χ3v) is 10.6. The fourth-order valence-corrected chi connectivity index (χ4v) is 8.65. The van der Waals surface area contributed by atoms with E-state index in [0.29, 0.717) is 22.7 Å². The first-order valence-electron chi connectivity index (χ1n) is 12.3. The molecule has 0 aliphatic heterocycles. The maximum absolute atomic E-state index is 12.9. The Morgan fingerprint density at radius 1 is 0.931 bits per heavy atom. The van der Waals surface area contributed by atoms with E-state index in [4.69, 9.17) is 0 Å². The summed E-state index contributed by atoms with van der Waals surface area (Å²) in [5.41, 5.74) is 0.754. The third-order valence-electron chi connectivity index (χ3n) is 10.6. The third kappa shape index (κ3) is 3.78. The fraction of sp³-hybridized carbons (Fsp3) is 1.00. The van der Waals surface area contributed by atoms with Gasteiger partial charge in [-0.2, -0.15) is 13.2 Å². The predicted octanol–water partition coefficient (Wildman–Crippen LogP) is 7.37. The van der Waals surface area contributed by atoms with Gasteiger partial charge in [-0.05, 0) is 111 Å². The Morgan fingerprint density at radius 2 is 1.62 bits per heavy atom. The second kappa shape index (κ2) is 7.71. The molecule has 0 radical (unpaired) electrons. The van der Waals surface area contributed by atoms with Crippen LogP contribution >= 0.6 is 0 Å². The molecule has 4 saturated carbocycles. The highest BCUT2D eigenvalue weighted by Gasteiger charge is 2.59. The van der Waals surface area contributed by atoms with Crippen molar-refractivity contribution >= 4 is 0 Å². The molecule has 0 bridgehead atoms. The molecule has 9 atom stereocenters. The van der Waals surface area contributed by atoms with E-state index in [2.05, 4.69) is 13.8 Å². The van der Waals surface area contributed by atoms with Crippen LogP contribution < -0.4 is 0 Å². The van der Waals surface area contributed by atoms with Crippen molar-refractivity contribution in [3.63, 3.8) is 0 Å². The van der Waals surface area contributed by atoms with Crippen molar-refractivity contribution < 1.29 is 18.3 Å². The molecule has 4 aliphatic carbocycles. The molecule has 0 aromatic rings. The molecular formula is C25H41F3O. The molecule has 4 aliphatic rings. The number of rotatable bonds is 4. The molecule has 0 saturated heterocycles. The maximum atomic E-state index is 12.9. The van der Waals surface area contributed by atoms with Crippen LogP contribution in [0, 0.1) is 46.3 Å². The van der Waals surface area contributed by atoms with Crippen LogP contribution in [0.15, 0.2) is 0 Å². The van der Waals surface area contributed by atoms with Crippen molar-refractivity contribution in [1.29, 1.82) is 0 Å². The van der Waals surface area contributed by atoms with E-state index < -0.39 is 12.1 Å². The highest BCUT2D eigenvalue weighted by atomic mass is 19.4. The van der Waals surface area contributed by atoms with Crippen LogP contribution in [-0.2, 0) is 0 Å². The monoisotopic (exact) mass is 414 g/mol. The van der Waals surface area contributed by atoms with Gasteiger partial charge >= 0.3 is 6.18 Å². The van der Waals surface area contributed by atoms with Crippen molar-refractivity contribution in [1.82, 2.24) is 0 Å². The first-order valence-corrected chi connectivity index (χ1v) is 12.3. The maximum Gasteiger partial charge on any atom is 0.391 e. The molecule has 4 fully saturated rings. The number of fused-ring (bicyclic) bond motifs is 5. The zero-order chi connectivity index (χ0) is 21.0. The van der Waals surface area contributed by atoms with E-state index in [0.717, 1.165) is 43.4 Å². The minimum Gasteiger partial charge on any atom is -0.393 e. The number of halogens is 3. The van der Waals surface area contributed by atoms with Crippen molar-refractivity contribution in [2.24, 2.45) is 46.3 Å². The van der Waals surface area contributed by atoms with E-state index in [1.54, 1.807) is 0 Å². The lowest BCUT2D eigenvalue weighted by Gasteiger charge is -2.61. The summed E-state index contributed by atoms with van der Waals surface area (Å²) in [6.45, 7) is 6.34. The first kappa shape index (κ1) is 22.0. The standard InChI is InChI=1S/C25H41F3O/c1-16(25(26,27)28)5-4-6-17-8-10-21-20-9-7-18-15-19(29)11-13-24(18,3)22(20)12-14-23(17,21)2/h16-22,29H,4-15H2,1-3H3/t16?,17?,18-,19?,20?,21?,22?,23?,24?/m0/s1. The largest absolute Gasteiger partial charge is 0.393 e. The van der Waals surface area contributed by atoms with Crippen LogP contribution in [-0.4, -0.2) is 17.4 Å². The summed E-state index contributed by atoms with van der Waals surface area (Å²) >= 11 is 0. The Labute approximate surface area is 175 Å². The van der Waals surface area contributed by atoms with Gasteiger partial charge in [-0.1, -0.05) is 27.2 Å². The van der Waals surface area contributed by atoms with Crippen LogP contribution in [0.5, 0.6) is 0 Å². The van der Waals surface area contributed by atoms with Crippen molar-refractivity contribution in [3.05, 3.63) is 0 Å². The summed E-state index contributed by atoms with van der Waals surface area (Å²) in [5.74, 6) is 2.53. The minimum atomic E-state index is -4.04. The molecule has 8 unspecified atom stereocenters. The van der Waals surface area contributed by atoms with Gasteiger partial charge < -0.3 is 5.11 Å². The lowest BCUT2D eigenvalue weighted by atomic mass is 9.44. The highest BCUT2D eigenvalue weighted by molar-refractivity contribution is 5.09. The molecule has 0 heterocycles.